The molecule has 0 N–H and O–H groups in total. The summed E-state index contributed by atoms with van der Waals surface area (Å²) < 4.78 is 23.4. The van der Waals surface area contributed by atoms with Gasteiger partial charge in [0.15, 0.2) is 6.29 Å². The summed E-state index contributed by atoms with van der Waals surface area (Å²) in [5.41, 5.74) is 3.17. The monoisotopic (exact) mass is 322 g/mol. The maximum atomic E-state index is 12.2. The van der Waals surface area contributed by atoms with E-state index in [9.17, 15) is 4.21 Å². The number of aryl methyl sites for hydroxylation is 1. The summed E-state index contributed by atoms with van der Waals surface area (Å²) >= 11 is 0. The van der Waals surface area contributed by atoms with E-state index < -0.39 is 10.8 Å². The molecule has 0 spiro atoms. The molecule has 0 aromatic heterocycles. The van der Waals surface area contributed by atoms with Crippen LogP contribution >= 0.6 is 0 Å². The summed E-state index contributed by atoms with van der Waals surface area (Å²) in [4.78, 5) is 0.804. The van der Waals surface area contributed by atoms with Crippen LogP contribution < -0.4 is 0 Å². The van der Waals surface area contributed by atoms with Gasteiger partial charge in [-0.05, 0) is 64.0 Å². The van der Waals surface area contributed by atoms with Crippen LogP contribution in [0.3, 0.4) is 0 Å². The summed E-state index contributed by atoms with van der Waals surface area (Å²) in [7, 11) is -1.15. The number of allylic oxidation sites excluding steroid dienone is 2. The van der Waals surface area contributed by atoms with Crippen molar-refractivity contribution >= 4 is 10.8 Å². The van der Waals surface area contributed by atoms with Gasteiger partial charge in [-0.1, -0.05) is 17.7 Å². The molecule has 22 heavy (non-hydrogen) atoms. The van der Waals surface area contributed by atoms with Gasteiger partial charge in [-0.25, -0.2) is 4.21 Å². The minimum absolute atomic E-state index is 0.340. The van der Waals surface area contributed by atoms with Crippen molar-refractivity contribution in [3.05, 3.63) is 52.5 Å². The molecule has 0 saturated carbocycles. The molecular weight excluding hydrogens is 296 g/mol. The minimum Gasteiger partial charge on any atom is -0.349 e. The molecule has 1 atom stereocenters. The highest BCUT2D eigenvalue weighted by molar-refractivity contribution is 7.88. The predicted octanol–water partition coefficient (Wildman–Crippen LogP) is 4.35. The van der Waals surface area contributed by atoms with Crippen molar-refractivity contribution in [1.29, 1.82) is 0 Å². The zero-order valence-electron chi connectivity index (χ0n) is 14.1. The minimum atomic E-state index is -1.15. The Labute approximate surface area is 136 Å². The number of rotatable bonds is 8. The molecule has 0 aliphatic heterocycles. The molecule has 0 bridgehead atoms. The molecule has 0 aliphatic rings. The van der Waals surface area contributed by atoms with Gasteiger partial charge in [-0.2, -0.15) is 0 Å². The van der Waals surface area contributed by atoms with Gasteiger partial charge in [-0.15, -0.1) is 0 Å². The standard InChI is InChI=1S/C18H26O3S/c1-6-20-18(21-7-2)16(5)15(4)12-13-22(19)17-10-8-14(3)9-11-17/h8-13,18H,6-7H2,1-5H3/b13-12-,16-15+/t22-/m0/s1. The Bertz CT molecular complexity index is 538. The van der Waals surface area contributed by atoms with Crippen LogP contribution in [0.1, 0.15) is 33.3 Å². The highest BCUT2D eigenvalue weighted by atomic mass is 32.2. The van der Waals surface area contributed by atoms with Gasteiger partial charge in [0, 0.05) is 23.5 Å². The van der Waals surface area contributed by atoms with Gasteiger partial charge in [0.05, 0.1) is 10.8 Å². The van der Waals surface area contributed by atoms with E-state index in [2.05, 4.69) is 0 Å². The van der Waals surface area contributed by atoms with Crippen LogP contribution in [0.2, 0.25) is 0 Å². The lowest BCUT2D eigenvalue weighted by Gasteiger charge is -2.19. The number of hydrogen-bond donors (Lipinski definition) is 0. The van der Waals surface area contributed by atoms with E-state index in [1.165, 1.54) is 0 Å². The lowest BCUT2D eigenvalue weighted by atomic mass is 10.1. The molecule has 1 rings (SSSR count). The number of benzene rings is 1. The first-order valence-electron chi connectivity index (χ1n) is 7.55. The SMILES string of the molecule is CCOC(OCC)/C(C)=C(C)/C=C\[S@](=O)c1ccc(C)cc1. The number of ether oxygens (including phenoxy) is 2. The van der Waals surface area contributed by atoms with Crippen LogP contribution in [0.4, 0.5) is 0 Å². The highest BCUT2D eigenvalue weighted by Crippen LogP contribution is 2.16. The average molecular weight is 322 g/mol. The summed E-state index contributed by atoms with van der Waals surface area (Å²) in [5.74, 6) is 0. The molecule has 3 nitrogen and oxygen atoms in total. The van der Waals surface area contributed by atoms with Crippen molar-refractivity contribution in [1.82, 2.24) is 0 Å². The zero-order chi connectivity index (χ0) is 16.5. The molecule has 1 aromatic carbocycles. The van der Waals surface area contributed by atoms with E-state index in [0.717, 1.165) is 21.6 Å². The van der Waals surface area contributed by atoms with Crippen molar-refractivity contribution < 1.29 is 13.7 Å². The van der Waals surface area contributed by atoms with Crippen molar-refractivity contribution in [3.8, 4) is 0 Å². The van der Waals surface area contributed by atoms with Crippen molar-refractivity contribution in [2.45, 2.75) is 45.8 Å². The van der Waals surface area contributed by atoms with Gasteiger partial charge >= 0.3 is 0 Å². The average Bonchev–Trinajstić information content (AvgIpc) is 2.52. The third-order valence-corrected chi connectivity index (χ3v) is 4.43. The summed E-state index contributed by atoms with van der Waals surface area (Å²) in [6, 6.07) is 7.72. The first kappa shape index (κ1) is 18.8. The van der Waals surface area contributed by atoms with Crippen LogP contribution in [-0.4, -0.2) is 23.7 Å². The Morgan fingerprint density at radius 2 is 1.68 bits per heavy atom. The summed E-state index contributed by atoms with van der Waals surface area (Å²) in [6.45, 7) is 11.0. The van der Waals surface area contributed by atoms with Gasteiger partial charge in [0.25, 0.3) is 0 Å². The molecule has 0 unspecified atom stereocenters. The van der Waals surface area contributed by atoms with Crippen LogP contribution in [0.15, 0.2) is 51.8 Å². The van der Waals surface area contributed by atoms with Gasteiger partial charge in [-0.3, -0.25) is 0 Å². The van der Waals surface area contributed by atoms with Gasteiger partial charge in [0.1, 0.15) is 0 Å². The molecule has 4 heteroatoms. The maximum absolute atomic E-state index is 12.2. The normalized spacial score (nSPS) is 14.5. The van der Waals surface area contributed by atoms with E-state index in [1.807, 2.05) is 65.0 Å². The van der Waals surface area contributed by atoms with E-state index in [-0.39, 0.29) is 6.29 Å². The molecule has 0 heterocycles. The fourth-order valence-electron chi connectivity index (χ4n) is 1.83. The van der Waals surface area contributed by atoms with E-state index in [0.29, 0.717) is 13.2 Å². The van der Waals surface area contributed by atoms with Crippen LogP contribution in [0, 0.1) is 6.92 Å². The van der Waals surface area contributed by atoms with E-state index in [1.54, 1.807) is 5.41 Å². The summed E-state index contributed by atoms with van der Waals surface area (Å²) in [5, 5.41) is 1.71. The highest BCUT2D eigenvalue weighted by Gasteiger charge is 2.12. The largest absolute Gasteiger partial charge is 0.349 e. The molecular formula is C18H26O3S. The Morgan fingerprint density at radius 3 is 2.18 bits per heavy atom. The van der Waals surface area contributed by atoms with Crippen molar-refractivity contribution in [2.24, 2.45) is 0 Å². The van der Waals surface area contributed by atoms with Gasteiger partial charge in [0.2, 0.25) is 0 Å². The van der Waals surface area contributed by atoms with Crippen LogP contribution in [0.25, 0.3) is 0 Å². The van der Waals surface area contributed by atoms with Crippen molar-refractivity contribution in [2.75, 3.05) is 13.2 Å². The molecule has 0 aliphatic carbocycles. The Hall–Kier alpha value is -1.23. The maximum Gasteiger partial charge on any atom is 0.180 e. The third-order valence-electron chi connectivity index (χ3n) is 3.31. The van der Waals surface area contributed by atoms with Gasteiger partial charge < -0.3 is 9.47 Å². The molecule has 1 aromatic rings. The fourth-order valence-corrected chi connectivity index (χ4v) is 2.72. The molecule has 0 saturated heterocycles. The van der Waals surface area contributed by atoms with Crippen LogP contribution in [-0.2, 0) is 20.3 Å². The van der Waals surface area contributed by atoms with E-state index >= 15 is 0 Å². The second-order valence-electron chi connectivity index (χ2n) is 5.02. The first-order valence-corrected chi connectivity index (χ1v) is 8.76. The van der Waals surface area contributed by atoms with E-state index in [4.69, 9.17) is 9.47 Å². The Balaban J connectivity index is 2.83. The second-order valence-corrected chi connectivity index (χ2v) is 6.36. The smallest absolute Gasteiger partial charge is 0.180 e. The molecule has 0 radical (unpaired) electrons. The fraction of sp³-hybridized carbons (Fsp3) is 0.444. The topological polar surface area (TPSA) is 35.5 Å². The lowest BCUT2D eigenvalue weighted by molar-refractivity contribution is -0.111. The van der Waals surface area contributed by atoms with Crippen molar-refractivity contribution in [3.63, 3.8) is 0 Å². The Morgan fingerprint density at radius 1 is 1.14 bits per heavy atom. The second kappa shape index (κ2) is 9.72. The zero-order valence-corrected chi connectivity index (χ0v) is 14.9. The quantitative estimate of drug-likeness (QED) is 0.527. The first-order chi connectivity index (χ1) is 10.5. The lowest BCUT2D eigenvalue weighted by Crippen LogP contribution is -2.19. The summed E-state index contributed by atoms with van der Waals surface area (Å²) in [6.07, 6.45) is 1.53. The predicted molar refractivity (Wildman–Crippen MR) is 92.1 cm³/mol. The van der Waals surface area contributed by atoms with Crippen LogP contribution in [0.5, 0.6) is 0 Å². The third kappa shape index (κ3) is 5.87. The molecule has 0 amide bonds. The number of hydrogen-bond acceptors (Lipinski definition) is 3. The molecule has 0 fully saturated rings. The molecule has 122 valence electrons. The Kier molecular flexibility index (Phi) is 8.31.